The standard InChI is InChI=1S/C17H28N2O3/c1-13-10-16(14(2)19(13)8-5-9-22-3)17(21)12-18-7-4-6-15(20)11-18/h10,15,20H,4-9,11-12H2,1-3H3. The summed E-state index contributed by atoms with van der Waals surface area (Å²) in [6, 6.07) is 1.99. The van der Waals surface area contributed by atoms with Gasteiger partial charge in [0.15, 0.2) is 5.78 Å². The molecule has 0 bridgehead atoms. The molecule has 1 aliphatic heterocycles. The number of likely N-dealkylation sites (tertiary alicyclic amines) is 1. The van der Waals surface area contributed by atoms with Crippen LogP contribution < -0.4 is 0 Å². The van der Waals surface area contributed by atoms with Crippen molar-refractivity contribution in [3.05, 3.63) is 23.0 Å². The Morgan fingerprint density at radius 3 is 2.91 bits per heavy atom. The number of ether oxygens (including phenoxy) is 1. The molecule has 0 spiro atoms. The van der Waals surface area contributed by atoms with Crippen molar-refractivity contribution in [1.82, 2.24) is 9.47 Å². The number of aliphatic hydroxyl groups excluding tert-OH is 1. The number of Topliss-reactive ketones (excluding diaryl/α,β-unsaturated/α-hetero) is 1. The molecule has 0 aliphatic carbocycles. The van der Waals surface area contributed by atoms with E-state index < -0.39 is 0 Å². The van der Waals surface area contributed by atoms with Crippen molar-refractivity contribution in [3.8, 4) is 0 Å². The number of methoxy groups -OCH3 is 1. The maximum atomic E-state index is 12.6. The van der Waals surface area contributed by atoms with Crippen LogP contribution in [0.15, 0.2) is 6.07 Å². The number of carbonyl (C=O) groups is 1. The van der Waals surface area contributed by atoms with Crippen LogP contribution in [0.5, 0.6) is 0 Å². The number of β-amino-alcohol motifs (C(OH)–C–C–N with tert-alkyl or cyclic N) is 1. The van der Waals surface area contributed by atoms with Gasteiger partial charge < -0.3 is 14.4 Å². The molecule has 1 unspecified atom stereocenters. The van der Waals surface area contributed by atoms with Gasteiger partial charge in [0.2, 0.25) is 0 Å². The Labute approximate surface area is 132 Å². The molecule has 1 N–H and O–H groups in total. The molecule has 0 amide bonds. The van der Waals surface area contributed by atoms with Gasteiger partial charge in [-0.05, 0) is 45.7 Å². The van der Waals surface area contributed by atoms with E-state index in [0.717, 1.165) is 55.9 Å². The SMILES string of the molecule is COCCCn1c(C)cc(C(=O)CN2CCCC(O)C2)c1C. The average Bonchev–Trinajstić information content (AvgIpc) is 2.75. The van der Waals surface area contributed by atoms with Crippen LogP contribution in [0.25, 0.3) is 0 Å². The van der Waals surface area contributed by atoms with E-state index in [1.807, 2.05) is 19.9 Å². The number of hydrogen-bond donors (Lipinski definition) is 1. The van der Waals surface area contributed by atoms with E-state index in [0.29, 0.717) is 13.1 Å². The number of nitrogens with zero attached hydrogens (tertiary/aromatic N) is 2. The lowest BCUT2D eigenvalue weighted by Gasteiger charge is -2.29. The molecule has 1 aromatic rings. The van der Waals surface area contributed by atoms with Gasteiger partial charge in [0, 0.05) is 43.8 Å². The maximum Gasteiger partial charge on any atom is 0.178 e. The molecule has 1 fully saturated rings. The molecule has 1 aliphatic rings. The molecule has 1 saturated heterocycles. The minimum absolute atomic E-state index is 0.153. The van der Waals surface area contributed by atoms with Crippen molar-refractivity contribution in [2.45, 2.75) is 45.8 Å². The second-order valence-corrected chi connectivity index (χ2v) is 6.24. The zero-order valence-electron chi connectivity index (χ0n) is 14.0. The number of carbonyl (C=O) groups excluding carboxylic acids is 1. The Morgan fingerprint density at radius 1 is 1.45 bits per heavy atom. The van der Waals surface area contributed by atoms with Crippen molar-refractivity contribution >= 4 is 5.78 Å². The number of piperidine rings is 1. The number of aryl methyl sites for hydroxylation is 1. The van der Waals surface area contributed by atoms with Gasteiger partial charge in [0.1, 0.15) is 0 Å². The summed E-state index contributed by atoms with van der Waals surface area (Å²) in [6.45, 7) is 7.57. The number of hydrogen-bond acceptors (Lipinski definition) is 4. The summed E-state index contributed by atoms with van der Waals surface area (Å²) < 4.78 is 7.29. The van der Waals surface area contributed by atoms with Crippen LogP contribution in [0, 0.1) is 13.8 Å². The minimum atomic E-state index is -0.289. The molecule has 1 atom stereocenters. The highest BCUT2D eigenvalue weighted by atomic mass is 16.5. The van der Waals surface area contributed by atoms with E-state index in [1.165, 1.54) is 0 Å². The van der Waals surface area contributed by atoms with Crippen molar-refractivity contribution in [3.63, 3.8) is 0 Å². The lowest BCUT2D eigenvalue weighted by Crippen LogP contribution is -2.41. The number of aromatic nitrogens is 1. The Hall–Kier alpha value is -1.17. The highest BCUT2D eigenvalue weighted by molar-refractivity contribution is 5.99. The molecule has 2 heterocycles. The zero-order chi connectivity index (χ0) is 16.1. The largest absolute Gasteiger partial charge is 0.392 e. The molecule has 5 nitrogen and oxygen atoms in total. The van der Waals surface area contributed by atoms with Gasteiger partial charge in [-0.1, -0.05) is 0 Å². The van der Waals surface area contributed by atoms with Crippen molar-refractivity contribution in [2.75, 3.05) is 33.4 Å². The van der Waals surface area contributed by atoms with Crippen LogP contribution in [0.4, 0.5) is 0 Å². The molecule has 124 valence electrons. The quantitative estimate of drug-likeness (QED) is 0.616. The molecule has 5 heteroatoms. The third-order valence-corrected chi connectivity index (χ3v) is 4.45. The fraction of sp³-hybridized carbons (Fsp3) is 0.706. The smallest absolute Gasteiger partial charge is 0.178 e. The van der Waals surface area contributed by atoms with E-state index in [2.05, 4.69) is 9.47 Å². The normalized spacial score (nSPS) is 19.5. The fourth-order valence-electron chi connectivity index (χ4n) is 3.26. The van der Waals surface area contributed by atoms with Gasteiger partial charge in [-0.25, -0.2) is 0 Å². The van der Waals surface area contributed by atoms with Gasteiger partial charge >= 0.3 is 0 Å². The first-order chi connectivity index (χ1) is 10.5. The van der Waals surface area contributed by atoms with Crippen LogP contribution in [0.2, 0.25) is 0 Å². The Bertz CT molecular complexity index is 510. The predicted octanol–water partition coefficient (Wildman–Crippen LogP) is 1.78. The summed E-state index contributed by atoms with van der Waals surface area (Å²) in [6.07, 6.45) is 2.46. The molecular weight excluding hydrogens is 280 g/mol. The minimum Gasteiger partial charge on any atom is -0.392 e. The number of ketones is 1. The van der Waals surface area contributed by atoms with Crippen LogP contribution in [0.1, 0.15) is 41.0 Å². The van der Waals surface area contributed by atoms with E-state index >= 15 is 0 Å². The average molecular weight is 308 g/mol. The Balaban J connectivity index is 2.01. The Kier molecular flexibility index (Phi) is 6.17. The highest BCUT2D eigenvalue weighted by Crippen LogP contribution is 2.18. The second kappa shape index (κ2) is 7.90. The van der Waals surface area contributed by atoms with E-state index in [9.17, 15) is 9.90 Å². The zero-order valence-corrected chi connectivity index (χ0v) is 14.0. The predicted molar refractivity (Wildman–Crippen MR) is 86.4 cm³/mol. The third kappa shape index (κ3) is 4.18. The summed E-state index contributed by atoms with van der Waals surface area (Å²) in [5.41, 5.74) is 2.97. The van der Waals surface area contributed by atoms with Crippen molar-refractivity contribution in [1.29, 1.82) is 0 Å². The van der Waals surface area contributed by atoms with Gasteiger partial charge in [0.25, 0.3) is 0 Å². The molecule has 2 rings (SSSR count). The first kappa shape index (κ1) is 17.2. The summed E-state index contributed by atoms with van der Waals surface area (Å²) >= 11 is 0. The van der Waals surface area contributed by atoms with Gasteiger partial charge in [-0.15, -0.1) is 0 Å². The molecule has 22 heavy (non-hydrogen) atoms. The lowest BCUT2D eigenvalue weighted by molar-refractivity contribution is 0.0634. The Morgan fingerprint density at radius 2 is 2.23 bits per heavy atom. The molecule has 0 radical (unpaired) electrons. The molecule has 1 aromatic heterocycles. The van der Waals surface area contributed by atoms with Crippen LogP contribution in [-0.4, -0.2) is 59.8 Å². The van der Waals surface area contributed by atoms with Crippen LogP contribution in [0.3, 0.4) is 0 Å². The maximum absolute atomic E-state index is 12.6. The highest BCUT2D eigenvalue weighted by Gasteiger charge is 2.22. The molecule has 0 aromatic carbocycles. The van der Waals surface area contributed by atoms with Gasteiger partial charge in [0.05, 0.1) is 12.6 Å². The summed E-state index contributed by atoms with van der Waals surface area (Å²) in [5.74, 6) is 0.153. The van der Waals surface area contributed by atoms with Crippen LogP contribution >= 0.6 is 0 Å². The number of aliphatic hydroxyl groups is 1. The summed E-state index contributed by atoms with van der Waals surface area (Å²) in [4.78, 5) is 14.6. The molecule has 0 saturated carbocycles. The topological polar surface area (TPSA) is 54.7 Å². The van der Waals surface area contributed by atoms with Crippen LogP contribution in [-0.2, 0) is 11.3 Å². The van der Waals surface area contributed by atoms with E-state index in [4.69, 9.17) is 4.74 Å². The fourth-order valence-corrected chi connectivity index (χ4v) is 3.26. The lowest BCUT2D eigenvalue weighted by atomic mass is 10.1. The van der Waals surface area contributed by atoms with Gasteiger partial charge in [-0.2, -0.15) is 0 Å². The summed E-state index contributed by atoms with van der Waals surface area (Å²) in [5, 5.41) is 9.72. The van der Waals surface area contributed by atoms with Gasteiger partial charge in [-0.3, -0.25) is 9.69 Å². The first-order valence-electron chi connectivity index (χ1n) is 8.12. The van der Waals surface area contributed by atoms with Crippen molar-refractivity contribution < 1.29 is 14.6 Å². The van der Waals surface area contributed by atoms with E-state index in [1.54, 1.807) is 7.11 Å². The summed E-state index contributed by atoms with van der Waals surface area (Å²) in [7, 11) is 1.71. The second-order valence-electron chi connectivity index (χ2n) is 6.24. The third-order valence-electron chi connectivity index (χ3n) is 4.45. The monoisotopic (exact) mass is 308 g/mol. The molecular formula is C17H28N2O3. The number of rotatable bonds is 7. The first-order valence-corrected chi connectivity index (χ1v) is 8.12. The van der Waals surface area contributed by atoms with Crippen molar-refractivity contribution in [2.24, 2.45) is 0 Å². The van der Waals surface area contributed by atoms with E-state index in [-0.39, 0.29) is 11.9 Å².